The molecule has 3 rings (SSSR count). The van der Waals surface area contributed by atoms with Crippen molar-refractivity contribution in [3.63, 3.8) is 0 Å². The van der Waals surface area contributed by atoms with Gasteiger partial charge >= 0.3 is 5.97 Å². The van der Waals surface area contributed by atoms with Gasteiger partial charge in [0.1, 0.15) is 11.5 Å². The first-order chi connectivity index (χ1) is 12.7. The lowest BCUT2D eigenvalue weighted by molar-refractivity contribution is -0.139. The minimum absolute atomic E-state index is 0.0924. The number of rotatable bonds is 7. The highest BCUT2D eigenvalue weighted by Gasteiger charge is 2.12. The van der Waals surface area contributed by atoms with E-state index in [1.807, 2.05) is 42.5 Å². The number of carbonyl (C=O) groups excluding carboxylic acids is 1. The fourth-order valence-corrected chi connectivity index (χ4v) is 2.35. The van der Waals surface area contributed by atoms with Gasteiger partial charge in [-0.2, -0.15) is 4.98 Å². The Hall–Kier alpha value is -3.35. The maximum absolute atomic E-state index is 11.5. The van der Waals surface area contributed by atoms with Crippen LogP contribution in [0.1, 0.15) is 11.5 Å². The molecule has 7 heteroatoms. The second-order valence-electron chi connectivity index (χ2n) is 5.39. The summed E-state index contributed by atoms with van der Waals surface area (Å²) in [5, 5.41) is 3.96. The van der Waals surface area contributed by atoms with Crippen LogP contribution in [0.15, 0.2) is 53.1 Å². The number of ether oxygens (including phenoxy) is 3. The van der Waals surface area contributed by atoms with Crippen molar-refractivity contribution in [3.8, 4) is 22.9 Å². The van der Waals surface area contributed by atoms with Gasteiger partial charge in [0.05, 0.1) is 20.6 Å². The van der Waals surface area contributed by atoms with Gasteiger partial charge in [-0.05, 0) is 18.2 Å². The molecule has 0 unspecified atom stereocenters. The SMILES string of the molecule is COC(=O)Cc1ccccc1OCc1nc(-c2cccc(OC)c2)no1. The molecule has 0 N–H and O–H groups in total. The zero-order valence-electron chi connectivity index (χ0n) is 14.5. The topological polar surface area (TPSA) is 83.7 Å². The Labute approximate surface area is 150 Å². The monoisotopic (exact) mass is 354 g/mol. The number of aromatic nitrogens is 2. The van der Waals surface area contributed by atoms with Gasteiger partial charge in [0.25, 0.3) is 5.89 Å². The summed E-state index contributed by atoms with van der Waals surface area (Å²) < 4.78 is 20.9. The van der Waals surface area contributed by atoms with E-state index in [0.717, 1.165) is 11.1 Å². The Morgan fingerprint density at radius 3 is 2.77 bits per heavy atom. The summed E-state index contributed by atoms with van der Waals surface area (Å²) in [7, 11) is 2.95. The number of para-hydroxylation sites is 1. The van der Waals surface area contributed by atoms with Crippen molar-refractivity contribution < 1.29 is 23.5 Å². The lowest BCUT2D eigenvalue weighted by Crippen LogP contribution is -2.06. The molecule has 0 aliphatic heterocycles. The smallest absolute Gasteiger partial charge is 0.310 e. The second-order valence-corrected chi connectivity index (χ2v) is 5.39. The summed E-state index contributed by atoms with van der Waals surface area (Å²) in [6.07, 6.45) is 0.131. The largest absolute Gasteiger partial charge is 0.497 e. The van der Waals surface area contributed by atoms with Gasteiger partial charge in [0, 0.05) is 11.1 Å². The maximum Gasteiger partial charge on any atom is 0.310 e. The Bertz CT molecular complexity index is 891. The van der Waals surface area contributed by atoms with E-state index >= 15 is 0 Å². The lowest BCUT2D eigenvalue weighted by Gasteiger charge is -2.08. The number of methoxy groups -OCH3 is 2. The first-order valence-corrected chi connectivity index (χ1v) is 7.94. The minimum atomic E-state index is -0.334. The fraction of sp³-hybridized carbons (Fsp3) is 0.211. The van der Waals surface area contributed by atoms with Gasteiger partial charge in [0.15, 0.2) is 6.61 Å². The zero-order valence-corrected chi connectivity index (χ0v) is 14.5. The number of hydrogen-bond acceptors (Lipinski definition) is 7. The average Bonchev–Trinajstić information content (AvgIpc) is 3.16. The molecule has 0 amide bonds. The van der Waals surface area contributed by atoms with Crippen LogP contribution in [-0.4, -0.2) is 30.3 Å². The third-order valence-electron chi connectivity index (χ3n) is 3.68. The zero-order chi connectivity index (χ0) is 18.4. The molecule has 7 nitrogen and oxygen atoms in total. The van der Waals surface area contributed by atoms with Crippen LogP contribution >= 0.6 is 0 Å². The van der Waals surface area contributed by atoms with E-state index < -0.39 is 0 Å². The Morgan fingerprint density at radius 1 is 1.12 bits per heavy atom. The molecule has 0 saturated carbocycles. The van der Waals surface area contributed by atoms with Crippen molar-refractivity contribution in [3.05, 3.63) is 60.0 Å². The molecule has 1 aromatic heterocycles. The number of benzene rings is 2. The molecule has 0 aliphatic carbocycles. The summed E-state index contributed by atoms with van der Waals surface area (Å²) >= 11 is 0. The molecule has 0 radical (unpaired) electrons. The summed E-state index contributed by atoms with van der Waals surface area (Å²) in [4.78, 5) is 15.8. The minimum Gasteiger partial charge on any atom is -0.497 e. The highest BCUT2D eigenvalue weighted by Crippen LogP contribution is 2.23. The van der Waals surface area contributed by atoms with Crippen molar-refractivity contribution in [1.29, 1.82) is 0 Å². The predicted octanol–water partition coefficient (Wildman–Crippen LogP) is 3.04. The fourth-order valence-electron chi connectivity index (χ4n) is 2.35. The Morgan fingerprint density at radius 2 is 1.96 bits per heavy atom. The third-order valence-corrected chi connectivity index (χ3v) is 3.68. The predicted molar refractivity (Wildman–Crippen MR) is 92.8 cm³/mol. The molecule has 0 atom stereocenters. The normalized spacial score (nSPS) is 10.4. The molecule has 0 fully saturated rings. The van der Waals surface area contributed by atoms with E-state index in [2.05, 4.69) is 10.1 Å². The summed E-state index contributed by atoms with van der Waals surface area (Å²) in [6.45, 7) is 0.0924. The highest BCUT2D eigenvalue weighted by atomic mass is 16.5. The van der Waals surface area contributed by atoms with Crippen molar-refractivity contribution in [2.24, 2.45) is 0 Å². The van der Waals surface area contributed by atoms with E-state index in [0.29, 0.717) is 23.2 Å². The molecule has 0 aliphatic rings. The van der Waals surface area contributed by atoms with E-state index in [4.69, 9.17) is 18.7 Å². The summed E-state index contributed by atoms with van der Waals surface area (Å²) in [5.41, 5.74) is 1.51. The second kappa shape index (κ2) is 8.15. The average molecular weight is 354 g/mol. The van der Waals surface area contributed by atoms with Crippen LogP contribution in [0.2, 0.25) is 0 Å². The molecule has 2 aromatic carbocycles. The molecule has 3 aromatic rings. The van der Waals surface area contributed by atoms with Crippen LogP contribution in [0.3, 0.4) is 0 Å². The lowest BCUT2D eigenvalue weighted by atomic mass is 10.1. The van der Waals surface area contributed by atoms with Gasteiger partial charge in [0.2, 0.25) is 5.82 Å². The first kappa shape index (κ1) is 17.5. The van der Waals surface area contributed by atoms with Crippen LogP contribution < -0.4 is 9.47 Å². The Balaban J connectivity index is 1.70. The molecule has 0 bridgehead atoms. The summed E-state index contributed by atoms with van der Waals surface area (Å²) in [5.74, 6) is 1.72. The highest BCUT2D eigenvalue weighted by molar-refractivity contribution is 5.73. The molecule has 0 saturated heterocycles. The van der Waals surface area contributed by atoms with Gasteiger partial charge in [-0.25, -0.2) is 0 Å². The number of hydrogen-bond donors (Lipinski definition) is 0. The standard InChI is InChI=1S/C19H18N2O5/c1-23-15-8-5-7-14(10-15)19-20-17(26-21-19)12-25-16-9-4-3-6-13(16)11-18(22)24-2/h3-10H,11-12H2,1-2H3. The van der Waals surface area contributed by atoms with Crippen LogP contribution in [0, 0.1) is 0 Å². The quantitative estimate of drug-likeness (QED) is 0.603. The van der Waals surface area contributed by atoms with Crippen molar-refractivity contribution in [2.75, 3.05) is 14.2 Å². The van der Waals surface area contributed by atoms with Gasteiger partial charge in [-0.1, -0.05) is 35.5 Å². The molecular weight excluding hydrogens is 336 g/mol. The number of nitrogens with zero attached hydrogens (tertiary/aromatic N) is 2. The molecule has 26 heavy (non-hydrogen) atoms. The Kier molecular flexibility index (Phi) is 5.48. The molecule has 0 spiro atoms. The number of carbonyl (C=O) groups is 1. The van der Waals surface area contributed by atoms with E-state index in [-0.39, 0.29) is 19.0 Å². The van der Waals surface area contributed by atoms with Gasteiger partial charge in [-0.15, -0.1) is 0 Å². The van der Waals surface area contributed by atoms with Gasteiger partial charge in [-0.3, -0.25) is 4.79 Å². The summed E-state index contributed by atoms with van der Waals surface area (Å²) in [6, 6.07) is 14.6. The van der Waals surface area contributed by atoms with Crippen LogP contribution in [0.5, 0.6) is 11.5 Å². The van der Waals surface area contributed by atoms with Gasteiger partial charge < -0.3 is 18.7 Å². The maximum atomic E-state index is 11.5. The van der Waals surface area contributed by atoms with Crippen molar-refractivity contribution >= 4 is 5.97 Å². The first-order valence-electron chi connectivity index (χ1n) is 7.94. The van der Waals surface area contributed by atoms with E-state index in [1.165, 1.54) is 7.11 Å². The molecule has 134 valence electrons. The van der Waals surface area contributed by atoms with Crippen LogP contribution in [0.4, 0.5) is 0 Å². The van der Waals surface area contributed by atoms with E-state index in [1.54, 1.807) is 13.2 Å². The van der Waals surface area contributed by atoms with Crippen LogP contribution in [-0.2, 0) is 22.6 Å². The van der Waals surface area contributed by atoms with Crippen LogP contribution in [0.25, 0.3) is 11.4 Å². The molecule has 1 heterocycles. The van der Waals surface area contributed by atoms with Crippen molar-refractivity contribution in [2.45, 2.75) is 13.0 Å². The van der Waals surface area contributed by atoms with Crippen molar-refractivity contribution in [1.82, 2.24) is 10.1 Å². The molecular formula is C19H18N2O5. The third kappa shape index (κ3) is 4.18. The number of esters is 1. The van der Waals surface area contributed by atoms with E-state index in [9.17, 15) is 4.79 Å².